The number of esters is 1. The summed E-state index contributed by atoms with van der Waals surface area (Å²) >= 11 is 0. The normalized spacial score (nSPS) is 45.0. The van der Waals surface area contributed by atoms with Crippen LogP contribution >= 0.6 is 0 Å². The SMILES string of the molecule is C=C1[C@H]2C[C@H](OC(=O)c3ccccc3)[C@H]3[C@]4(C)CCC[C@@](C)(C(=O)O)[C@H]4CC[C@]3(C2)[C@@H]1O. The first-order valence-electron chi connectivity index (χ1n) is 12.0. The van der Waals surface area contributed by atoms with E-state index in [1.165, 1.54) is 0 Å². The molecule has 4 aliphatic rings. The number of aliphatic carboxylic acids is 1. The van der Waals surface area contributed by atoms with Crippen LogP contribution in [0.15, 0.2) is 42.5 Å². The van der Waals surface area contributed by atoms with Crippen molar-refractivity contribution in [1.29, 1.82) is 0 Å². The van der Waals surface area contributed by atoms with Gasteiger partial charge in [0.05, 0.1) is 17.1 Å². The molecule has 0 heterocycles. The van der Waals surface area contributed by atoms with Gasteiger partial charge in [-0.3, -0.25) is 4.79 Å². The van der Waals surface area contributed by atoms with E-state index >= 15 is 0 Å². The van der Waals surface area contributed by atoms with E-state index in [0.717, 1.165) is 37.7 Å². The zero-order chi connectivity index (χ0) is 22.9. The van der Waals surface area contributed by atoms with E-state index in [4.69, 9.17) is 4.74 Å². The van der Waals surface area contributed by atoms with Crippen molar-refractivity contribution in [2.45, 2.75) is 71.0 Å². The molecule has 8 atom stereocenters. The second-order valence-corrected chi connectivity index (χ2v) is 11.3. The monoisotopic (exact) mass is 438 g/mol. The molecule has 2 bridgehead atoms. The fourth-order valence-electron chi connectivity index (χ4n) is 8.59. The maximum absolute atomic E-state index is 13.1. The average Bonchev–Trinajstić information content (AvgIpc) is 2.94. The smallest absolute Gasteiger partial charge is 0.338 e. The molecule has 5 heteroatoms. The first-order chi connectivity index (χ1) is 15.1. The maximum Gasteiger partial charge on any atom is 0.338 e. The zero-order valence-corrected chi connectivity index (χ0v) is 19.0. The summed E-state index contributed by atoms with van der Waals surface area (Å²) in [6.07, 6.45) is 4.51. The van der Waals surface area contributed by atoms with Crippen LogP contribution in [0.25, 0.3) is 0 Å². The van der Waals surface area contributed by atoms with Gasteiger partial charge in [0.25, 0.3) is 0 Å². The molecule has 2 N–H and O–H groups in total. The first kappa shape index (κ1) is 21.7. The number of carboxylic acid groups (broad SMARTS) is 1. The minimum absolute atomic E-state index is 0.00702. The molecule has 0 unspecified atom stereocenters. The molecule has 4 aliphatic carbocycles. The molecular weight excluding hydrogens is 404 g/mol. The number of carbonyl (C=O) groups excluding carboxylic acids is 1. The van der Waals surface area contributed by atoms with Gasteiger partial charge in [-0.1, -0.05) is 38.1 Å². The lowest BCUT2D eigenvalue weighted by Crippen LogP contribution is -2.63. The molecule has 1 aromatic rings. The molecule has 5 rings (SSSR count). The molecule has 32 heavy (non-hydrogen) atoms. The molecule has 0 amide bonds. The summed E-state index contributed by atoms with van der Waals surface area (Å²) < 4.78 is 6.22. The van der Waals surface area contributed by atoms with Gasteiger partial charge in [0.2, 0.25) is 0 Å². The Kier molecular flexibility index (Phi) is 4.87. The molecule has 0 aliphatic heterocycles. The number of rotatable bonds is 3. The van der Waals surface area contributed by atoms with Crippen LogP contribution in [0.4, 0.5) is 0 Å². The second-order valence-electron chi connectivity index (χ2n) is 11.3. The zero-order valence-electron chi connectivity index (χ0n) is 19.0. The molecule has 0 aromatic heterocycles. The van der Waals surface area contributed by atoms with Crippen LogP contribution in [0.5, 0.6) is 0 Å². The summed E-state index contributed by atoms with van der Waals surface area (Å²) in [7, 11) is 0. The van der Waals surface area contributed by atoms with E-state index < -0.39 is 17.5 Å². The van der Waals surface area contributed by atoms with Gasteiger partial charge >= 0.3 is 11.9 Å². The van der Waals surface area contributed by atoms with Crippen molar-refractivity contribution < 1.29 is 24.5 Å². The summed E-state index contributed by atoms with van der Waals surface area (Å²) in [4.78, 5) is 25.5. The Balaban J connectivity index is 1.57. The topological polar surface area (TPSA) is 83.8 Å². The molecule has 0 saturated heterocycles. The first-order valence-corrected chi connectivity index (χ1v) is 12.0. The highest BCUT2D eigenvalue weighted by Crippen LogP contribution is 2.72. The second kappa shape index (κ2) is 7.18. The van der Waals surface area contributed by atoms with Crippen LogP contribution in [0, 0.1) is 34.0 Å². The van der Waals surface area contributed by atoms with E-state index in [-0.39, 0.29) is 40.7 Å². The Morgan fingerprint density at radius 1 is 1.12 bits per heavy atom. The summed E-state index contributed by atoms with van der Waals surface area (Å²) in [5, 5.41) is 21.6. The van der Waals surface area contributed by atoms with Crippen molar-refractivity contribution in [2.75, 3.05) is 0 Å². The highest BCUT2D eigenvalue weighted by atomic mass is 16.5. The quantitative estimate of drug-likeness (QED) is 0.521. The number of fused-ring (bicyclic) bond motifs is 3. The molecule has 0 radical (unpaired) electrons. The summed E-state index contributed by atoms with van der Waals surface area (Å²) in [6.45, 7) is 8.34. The number of benzene rings is 1. The predicted molar refractivity (Wildman–Crippen MR) is 120 cm³/mol. The number of ether oxygens (including phenoxy) is 1. The third-order valence-electron chi connectivity index (χ3n) is 9.90. The molecule has 4 fully saturated rings. The van der Waals surface area contributed by atoms with Gasteiger partial charge in [-0.15, -0.1) is 0 Å². The molecule has 4 saturated carbocycles. The highest BCUT2D eigenvalue weighted by Gasteiger charge is 2.70. The van der Waals surface area contributed by atoms with E-state index in [9.17, 15) is 19.8 Å². The Labute approximate surface area is 189 Å². The molecular formula is C27H34O5. The summed E-state index contributed by atoms with van der Waals surface area (Å²) in [5.41, 5.74) is -0.103. The average molecular weight is 439 g/mol. The van der Waals surface area contributed by atoms with Crippen molar-refractivity contribution in [2.24, 2.45) is 34.0 Å². The molecule has 5 nitrogen and oxygen atoms in total. The van der Waals surface area contributed by atoms with Crippen molar-refractivity contribution in [3.63, 3.8) is 0 Å². The van der Waals surface area contributed by atoms with Crippen LogP contribution in [0.1, 0.15) is 69.2 Å². The van der Waals surface area contributed by atoms with Gasteiger partial charge in [0, 0.05) is 11.3 Å². The largest absolute Gasteiger partial charge is 0.481 e. The van der Waals surface area contributed by atoms with Gasteiger partial charge in [0.15, 0.2) is 0 Å². The van der Waals surface area contributed by atoms with Gasteiger partial charge in [-0.25, -0.2) is 4.79 Å². The Morgan fingerprint density at radius 2 is 1.84 bits per heavy atom. The van der Waals surface area contributed by atoms with Crippen molar-refractivity contribution >= 4 is 11.9 Å². The standard InChI is InChI=1S/C27H34O5/c1-16-18-14-19(32-23(29)17-8-5-4-6-9-17)21-25(2)11-7-12-26(3,24(30)31)20(25)10-13-27(21,15-18)22(16)28/h4-6,8-9,18-22,28H,1,7,10-15H2,2-3H3,(H,30,31)/t18-,19-,20-,21-,22+,25+,26+,27+/m0/s1. The van der Waals surface area contributed by atoms with Crippen LogP contribution in [-0.2, 0) is 9.53 Å². The van der Waals surface area contributed by atoms with Gasteiger partial charge in [0.1, 0.15) is 6.10 Å². The maximum atomic E-state index is 13.1. The minimum atomic E-state index is -0.792. The third kappa shape index (κ3) is 2.79. The fraction of sp³-hybridized carbons (Fsp3) is 0.630. The number of hydrogen-bond donors (Lipinski definition) is 2. The highest BCUT2D eigenvalue weighted by molar-refractivity contribution is 5.89. The number of aliphatic hydroxyl groups excluding tert-OH is 1. The Hall–Kier alpha value is -2.14. The van der Waals surface area contributed by atoms with Gasteiger partial charge in [-0.05, 0) is 80.4 Å². The van der Waals surface area contributed by atoms with E-state index in [1.54, 1.807) is 12.1 Å². The van der Waals surface area contributed by atoms with E-state index in [1.807, 2.05) is 25.1 Å². The van der Waals surface area contributed by atoms with E-state index in [2.05, 4.69) is 13.5 Å². The van der Waals surface area contributed by atoms with Crippen molar-refractivity contribution in [1.82, 2.24) is 0 Å². The lowest BCUT2D eigenvalue weighted by atomic mass is 9.40. The lowest BCUT2D eigenvalue weighted by molar-refractivity contribution is -0.212. The number of hydrogen-bond acceptors (Lipinski definition) is 4. The molecule has 172 valence electrons. The van der Waals surface area contributed by atoms with Crippen LogP contribution in [-0.4, -0.2) is 34.4 Å². The van der Waals surface area contributed by atoms with Gasteiger partial charge < -0.3 is 14.9 Å². The van der Waals surface area contributed by atoms with Crippen molar-refractivity contribution in [3.05, 3.63) is 48.0 Å². The third-order valence-corrected chi connectivity index (χ3v) is 9.90. The van der Waals surface area contributed by atoms with Crippen molar-refractivity contribution in [3.8, 4) is 0 Å². The van der Waals surface area contributed by atoms with Crippen LogP contribution in [0.3, 0.4) is 0 Å². The summed E-state index contributed by atoms with van der Waals surface area (Å²) in [6, 6.07) is 9.04. The molecule has 1 spiro atoms. The van der Waals surface area contributed by atoms with Crippen LogP contribution in [0.2, 0.25) is 0 Å². The number of carboxylic acids is 1. The Bertz CT molecular complexity index is 956. The van der Waals surface area contributed by atoms with Gasteiger partial charge in [-0.2, -0.15) is 0 Å². The predicted octanol–water partition coefficient (Wildman–Crippen LogP) is 4.85. The van der Waals surface area contributed by atoms with Crippen LogP contribution < -0.4 is 0 Å². The number of aliphatic hydroxyl groups is 1. The van der Waals surface area contributed by atoms with E-state index in [0.29, 0.717) is 18.4 Å². The minimum Gasteiger partial charge on any atom is -0.481 e. The fourth-order valence-corrected chi connectivity index (χ4v) is 8.59. The summed E-state index contributed by atoms with van der Waals surface area (Å²) in [5.74, 6) is -1.01. The lowest BCUT2D eigenvalue weighted by Gasteiger charge is -2.64. The number of carbonyl (C=O) groups is 2. The molecule has 1 aromatic carbocycles. The Morgan fingerprint density at radius 3 is 2.53 bits per heavy atom.